The van der Waals surface area contributed by atoms with Crippen molar-refractivity contribution in [3.05, 3.63) is 36.6 Å². The van der Waals surface area contributed by atoms with E-state index in [1.807, 2.05) is 19.1 Å². The Morgan fingerprint density at radius 3 is 2.42 bits per heavy atom. The molecule has 0 bridgehead atoms. The average molecular weight is 526 g/mol. The molecule has 1 fully saturated rings. The molecule has 0 spiro atoms. The van der Waals surface area contributed by atoms with Crippen LogP contribution in [0.25, 0.3) is 0 Å². The van der Waals surface area contributed by atoms with Crippen LogP contribution in [-0.4, -0.2) is 23.1 Å². The first-order valence-corrected chi connectivity index (χ1v) is 10.8. The van der Waals surface area contributed by atoms with Gasteiger partial charge in [-0.25, -0.2) is 9.97 Å². The predicted molar refractivity (Wildman–Crippen MR) is 119 cm³/mol. The Kier molecular flexibility index (Phi) is 6.75. The maximum Gasteiger partial charge on any atom is 0.155 e. The van der Waals surface area contributed by atoms with Crippen LogP contribution in [-0.2, 0) is 0 Å². The van der Waals surface area contributed by atoms with Crippen molar-refractivity contribution in [2.75, 3.05) is 23.3 Å². The number of halogens is 4. The number of anilines is 3. The van der Waals surface area contributed by atoms with Gasteiger partial charge in [0.15, 0.2) is 11.6 Å². The van der Waals surface area contributed by atoms with Crippen molar-refractivity contribution in [2.45, 2.75) is 33.1 Å². The van der Waals surface area contributed by atoms with Gasteiger partial charge in [0.25, 0.3) is 0 Å². The molecule has 140 valence electrons. The number of aryl methyl sites for hydroxylation is 1. The lowest BCUT2D eigenvalue weighted by Gasteiger charge is -2.25. The summed E-state index contributed by atoms with van der Waals surface area (Å²) < 4.78 is 0.965. The summed E-state index contributed by atoms with van der Waals surface area (Å²) in [6.45, 7) is 5.92. The molecule has 1 saturated carbocycles. The highest BCUT2D eigenvalue weighted by atomic mass is 127. The molecule has 1 aliphatic carbocycles. The number of nitrogens with one attached hydrogen (secondary N) is 1. The fourth-order valence-electron chi connectivity index (χ4n) is 2.78. The second kappa shape index (κ2) is 8.67. The number of nitrogens with zero attached hydrogens (tertiary/aromatic N) is 3. The number of hydrogen-bond donors (Lipinski definition) is 1. The van der Waals surface area contributed by atoms with E-state index < -0.39 is 0 Å². The van der Waals surface area contributed by atoms with Crippen molar-refractivity contribution in [1.82, 2.24) is 9.97 Å². The normalized spacial score (nSPS) is 13.8. The minimum atomic E-state index is 0.496. The maximum absolute atomic E-state index is 6.68. The third kappa shape index (κ3) is 4.86. The van der Waals surface area contributed by atoms with E-state index >= 15 is 0 Å². The molecule has 1 aromatic carbocycles. The van der Waals surface area contributed by atoms with Gasteiger partial charge in [0.2, 0.25) is 0 Å². The van der Waals surface area contributed by atoms with Gasteiger partial charge >= 0.3 is 0 Å². The van der Waals surface area contributed by atoms with Crippen LogP contribution in [0.2, 0.25) is 15.1 Å². The van der Waals surface area contributed by atoms with Gasteiger partial charge < -0.3 is 10.2 Å². The zero-order valence-electron chi connectivity index (χ0n) is 14.6. The Morgan fingerprint density at radius 2 is 1.85 bits per heavy atom. The van der Waals surface area contributed by atoms with Gasteiger partial charge in [-0.15, -0.1) is 0 Å². The molecule has 26 heavy (non-hydrogen) atoms. The third-order valence-corrected chi connectivity index (χ3v) is 5.73. The van der Waals surface area contributed by atoms with Gasteiger partial charge in [-0.1, -0.05) is 41.7 Å². The lowest BCUT2D eigenvalue weighted by molar-refractivity contribution is 0.696. The van der Waals surface area contributed by atoms with E-state index in [9.17, 15) is 0 Å². The summed E-state index contributed by atoms with van der Waals surface area (Å²) in [4.78, 5) is 11.3. The molecule has 0 amide bonds. The van der Waals surface area contributed by atoms with Gasteiger partial charge in [-0.3, -0.25) is 0 Å². The Bertz CT molecular complexity index is 788. The predicted octanol–water partition coefficient (Wildman–Crippen LogP) is 6.72. The highest BCUT2D eigenvalue weighted by Gasteiger charge is 2.27. The molecule has 1 heterocycles. The fraction of sp³-hybridized carbons (Fsp3) is 0.444. The minimum absolute atomic E-state index is 0.496. The summed E-state index contributed by atoms with van der Waals surface area (Å²) in [6.07, 6.45) is 3.59. The molecule has 1 aromatic heterocycles. The topological polar surface area (TPSA) is 41.1 Å². The first kappa shape index (κ1) is 20.2. The van der Waals surface area contributed by atoms with Crippen molar-refractivity contribution in [2.24, 2.45) is 5.92 Å². The minimum Gasteiger partial charge on any atom is -0.355 e. The molecule has 0 aliphatic heterocycles. The van der Waals surface area contributed by atoms with Crippen LogP contribution in [0.5, 0.6) is 0 Å². The number of rotatable bonds is 7. The van der Waals surface area contributed by atoms with E-state index in [1.165, 1.54) is 12.8 Å². The summed E-state index contributed by atoms with van der Waals surface area (Å²) in [5, 5.41) is 4.76. The summed E-state index contributed by atoms with van der Waals surface area (Å²) in [7, 11) is 0. The summed E-state index contributed by atoms with van der Waals surface area (Å²) in [5.74, 6) is 2.69. The van der Waals surface area contributed by atoms with Crippen molar-refractivity contribution < 1.29 is 0 Å². The summed E-state index contributed by atoms with van der Waals surface area (Å²) in [6, 6.07) is 3.69. The molecule has 0 radical (unpaired) electrons. The van der Waals surface area contributed by atoms with Gasteiger partial charge in [0, 0.05) is 16.7 Å². The number of benzene rings is 1. The van der Waals surface area contributed by atoms with Gasteiger partial charge in [0.05, 0.1) is 15.7 Å². The van der Waals surface area contributed by atoms with Crippen LogP contribution in [0.3, 0.4) is 0 Å². The standard InChI is InChI=1S/C18H20Cl3IN4/c1-3-6-26(9-11-4-5-11)18-15(21)17(23-10(2)24-18)25-16-13(19)7-12(22)8-14(16)20/h7-8,11H,3-6,9H2,1-2H3,(H,23,24,25). The van der Waals surface area contributed by atoms with Crippen LogP contribution in [0.4, 0.5) is 17.3 Å². The summed E-state index contributed by atoms with van der Waals surface area (Å²) in [5.41, 5.74) is 0.601. The zero-order chi connectivity index (χ0) is 18.8. The van der Waals surface area contributed by atoms with Gasteiger partial charge in [-0.2, -0.15) is 0 Å². The molecule has 2 aromatic rings. The van der Waals surface area contributed by atoms with E-state index in [4.69, 9.17) is 34.8 Å². The molecular weight excluding hydrogens is 505 g/mol. The SMILES string of the molecule is CCCN(CC1CC1)c1nc(C)nc(Nc2c(Cl)cc(I)cc2Cl)c1Cl. The molecule has 0 unspecified atom stereocenters. The lowest BCUT2D eigenvalue weighted by atomic mass is 10.3. The lowest BCUT2D eigenvalue weighted by Crippen LogP contribution is -2.28. The van der Waals surface area contributed by atoms with E-state index in [0.29, 0.717) is 32.4 Å². The van der Waals surface area contributed by atoms with E-state index in [2.05, 4.69) is 49.7 Å². The highest BCUT2D eigenvalue weighted by Crippen LogP contribution is 2.39. The molecule has 4 nitrogen and oxygen atoms in total. The zero-order valence-corrected chi connectivity index (χ0v) is 19.0. The van der Waals surface area contributed by atoms with Crippen molar-refractivity contribution >= 4 is 74.7 Å². The van der Waals surface area contributed by atoms with Crippen LogP contribution < -0.4 is 10.2 Å². The average Bonchev–Trinajstić information content (AvgIpc) is 3.37. The quantitative estimate of drug-likeness (QED) is 0.408. The van der Waals surface area contributed by atoms with Crippen LogP contribution in [0.1, 0.15) is 32.0 Å². The molecule has 3 rings (SSSR count). The van der Waals surface area contributed by atoms with E-state index in [1.54, 1.807) is 0 Å². The van der Waals surface area contributed by atoms with E-state index in [0.717, 1.165) is 34.8 Å². The second-order valence-corrected chi connectivity index (χ2v) is 8.95. The van der Waals surface area contributed by atoms with Gasteiger partial charge in [0.1, 0.15) is 10.8 Å². The smallest absolute Gasteiger partial charge is 0.155 e. The Morgan fingerprint density at radius 1 is 1.19 bits per heavy atom. The molecular formula is C18H20Cl3IN4. The molecule has 8 heteroatoms. The maximum atomic E-state index is 6.68. The highest BCUT2D eigenvalue weighted by molar-refractivity contribution is 14.1. The van der Waals surface area contributed by atoms with Crippen LogP contribution >= 0.6 is 57.4 Å². The Hall–Kier alpha value is -0.500. The number of hydrogen-bond acceptors (Lipinski definition) is 4. The largest absolute Gasteiger partial charge is 0.355 e. The molecule has 1 aliphatic rings. The molecule has 0 atom stereocenters. The van der Waals surface area contributed by atoms with Crippen molar-refractivity contribution in [3.8, 4) is 0 Å². The monoisotopic (exact) mass is 524 g/mol. The van der Waals surface area contributed by atoms with Crippen LogP contribution in [0, 0.1) is 16.4 Å². The first-order valence-electron chi connectivity index (χ1n) is 8.59. The first-order chi connectivity index (χ1) is 12.4. The van der Waals surface area contributed by atoms with Crippen molar-refractivity contribution in [1.29, 1.82) is 0 Å². The molecule has 0 saturated heterocycles. The van der Waals surface area contributed by atoms with E-state index in [-0.39, 0.29) is 0 Å². The Labute approximate surface area is 182 Å². The second-order valence-electron chi connectivity index (χ2n) is 6.52. The van der Waals surface area contributed by atoms with Gasteiger partial charge in [-0.05, 0) is 66.8 Å². The third-order valence-electron chi connectivity index (χ3n) is 4.16. The fourth-order valence-corrected chi connectivity index (χ4v) is 4.61. The number of aromatic nitrogens is 2. The summed E-state index contributed by atoms with van der Waals surface area (Å²) >= 11 is 21.6. The Balaban J connectivity index is 1.96. The molecule has 1 N–H and O–H groups in total. The van der Waals surface area contributed by atoms with Crippen molar-refractivity contribution in [3.63, 3.8) is 0 Å². The van der Waals surface area contributed by atoms with Crippen LogP contribution in [0.15, 0.2) is 12.1 Å².